The van der Waals surface area contributed by atoms with Crippen LogP contribution in [0.3, 0.4) is 0 Å². The maximum Gasteiger partial charge on any atom is 0.261 e. The number of carbonyl (C=O) groups is 2. The summed E-state index contributed by atoms with van der Waals surface area (Å²) in [6.07, 6.45) is 6.86. The van der Waals surface area contributed by atoms with Crippen LogP contribution < -0.4 is 10.1 Å². The molecule has 2 amide bonds. The molecule has 3 aromatic rings. The minimum absolute atomic E-state index is 0.0904. The number of nitrogens with one attached hydrogen (secondary N) is 1. The molecule has 0 saturated heterocycles. The van der Waals surface area contributed by atoms with Crippen LogP contribution in [0.2, 0.25) is 0 Å². The van der Waals surface area contributed by atoms with Gasteiger partial charge in [0.1, 0.15) is 11.8 Å². The first-order chi connectivity index (χ1) is 18.1. The van der Waals surface area contributed by atoms with Gasteiger partial charge in [0.15, 0.2) is 6.61 Å². The van der Waals surface area contributed by atoms with Crippen LogP contribution in [0.1, 0.15) is 55.7 Å². The summed E-state index contributed by atoms with van der Waals surface area (Å²) in [5.41, 5.74) is 3.21. The summed E-state index contributed by atoms with van der Waals surface area (Å²) in [6.45, 7) is 2.32. The maximum atomic E-state index is 13.8. The van der Waals surface area contributed by atoms with E-state index in [4.69, 9.17) is 4.74 Å². The zero-order chi connectivity index (χ0) is 25.9. The molecule has 0 heterocycles. The van der Waals surface area contributed by atoms with E-state index in [1.807, 2.05) is 84.9 Å². The number of rotatable bonds is 11. The molecule has 0 aliphatic heterocycles. The molecule has 4 rings (SSSR count). The molecule has 1 N–H and O–H groups in total. The fourth-order valence-electron chi connectivity index (χ4n) is 4.93. The third kappa shape index (κ3) is 7.94. The molecule has 0 bridgehead atoms. The van der Waals surface area contributed by atoms with E-state index in [0.29, 0.717) is 18.7 Å². The average Bonchev–Trinajstić information content (AvgIpc) is 2.95. The Morgan fingerprint density at radius 3 is 2.08 bits per heavy atom. The van der Waals surface area contributed by atoms with Gasteiger partial charge in [-0.15, -0.1) is 0 Å². The normalized spacial score (nSPS) is 14.5. The predicted octanol–water partition coefficient (Wildman–Crippen LogP) is 5.72. The van der Waals surface area contributed by atoms with Gasteiger partial charge in [-0.25, -0.2) is 0 Å². The lowest BCUT2D eigenvalue weighted by molar-refractivity contribution is -0.143. The van der Waals surface area contributed by atoms with Gasteiger partial charge in [-0.3, -0.25) is 9.59 Å². The van der Waals surface area contributed by atoms with Crippen LogP contribution in [0.5, 0.6) is 5.75 Å². The second-order valence-electron chi connectivity index (χ2n) is 9.84. The number of nitrogens with zero attached hydrogens (tertiary/aromatic N) is 1. The van der Waals surface area contributed by atoms with Gasteiger partial charge in [-0.1, -0.05) is 99.0 Å². The van der Waals surface area contributed by atoms with Gasteiger partial charge in [0, 0.05) is 19.0 Å². The topological polar surface area (TPSA) is 58.6 Å². The molecule has 5 heteroatoms. The molecule has 37 heavy (non-hydrogen) atoms. The Morgan fingerprint density at radius 1 is 0.838 bits per heavy atom. The monoisotopic (exact) mass is 498 g/mol. The molecule has 1 saturated carbocycles. The Kier molecular flexibility index (Phi) is 9.75. The highest BCUT2D eigenvalue weighted by Crippen LogP contribution is 2.20. The highest BCUT2D eigenvalue weighted by atomic mass is 16.5. The summed E-state index contributed by atoms with van der Waals surface area (Å²) in [5, 5.41) is 3.27. The van der Waals surface area contributed by atoms with Crippen molar-refractivity contribution < 1.29 is 14.3 Å². The number of benzene rings is 3. The van der Waals surface area contributed by atoms with Gasteiger partial charge >= 0.3 is 0 Å². The highest BCUT2D eigenvalue weighted by molar-refractivity contribution is 5.88. The van der Waals surface area contributed by atoms with Crippen molar-refractivity contribution in [2.75, 3.05) is 6.61 Å². The van der Waals surface area contributed by atoms with Gasteiger partial charge in [0.25, 0.3) is 5.91 Å². The number of ether oxygens (including phenoxy) is 1. The van der Waals surface area contributed by atoms with Gasteiger partial charge in [-0.05, 0) is 48.1 Å². The lowest BCUT2D eigenvalue weighted by atomic mass is 9.94. The summed E-state index contributed by atoms with van der Waals surface area (Å²) in [6, 6.07) is 27.1. The Balaban J connectivity index is 1.57. The van der Waals surface area contributed by atoms with Crippen LogP contribution in [0.4, 0.5) is 0 Å². The number of amides is 2. The van der Waals surface area contributed by atoms with Crippen molar-refractivity contribution in [2.24, 2.45) is 0 Å². The van der Waals surface area contributed by atoms with Crippen molar-refractivity contribution >= 4 is 11.8 Å². The van der Waals surface area contributed by atoms with E-state index in [-0.39, 0.29) is 24.5 Å². The third-order valence-corrected chi connectivity index (χ3v) is 7.11. The molecule has 1 aliphatic carbocycles. The van der Waals surface area contributed by atoms with E-state index >= 15 is 0 Å². The van der Waals surface area contributed by atoms with E-state index in [1.165, 1.54) is 12.0 Å². The predicted molar refractivity (Wildman–Crippen MR) is 147 cm³/mol. The first kappa shape index (κ1) is 26.5. The fourth-order valence-corrected chi connectivity index (χ4v) is 4.93. The quantitative estimate of drug-likeness (QED) is 0.368. The Bertz CT molecular complexity index is 1110. The lowest BCUT2D eigenvalue weighted by Gasteiger charge is -2.33. The summed E-state index contributed by atoms with van der Waals surface area (Å²) in [7, 11) is 0. The molecule has 1 fully saturated rings. The van der Waals surface area contributed by atoms with Gasteiger partial charge in [0.05, 0.1) is 0 Å². The van der Waals surface area contributed by atoms with E-state index in [1.54, 1.807) is 4.90 Å². The van der Waals surface area contributed by atoms with Crippen LogP contribution in [0.15, 0.2) is 84.9 Å². The van der Waals surface area contributed by atoms with Crippen molar-refractivity contribution in [3.63, 3.8) is 0 Å². The Labute approximate surface area is 220 Å². The molecule has 0 radical (unpaired) electrons. The summed E-state index contributed by atoms with van der Waals surface area (Å²) >= 11 is 0. The second kappa shape index (κ2) is 13.6. The molecular weight excluding hydrogens is 460 g/mol. The van der Waals surface area contributed by atoms with Crippen molar-refractivity contribution in [1.29, 1.82) is 0 Å². The maximum absolute atomic E-state index is 13.8. The lowest BCUT2D eigenvalue weighted by Crippen LogP contribution is -2.53. The van der Waals surface area contributed by atoms with Crippen LogP contribution in [-0.4, -0.2) is 35.4 Å². The largest absolute Gasteiger partial charge is 0.484 e. The number of carbonyl (C=O) groups excluding carboxylic acids is 2. The molecule has 5 nitrogen and oxygen atoms in total. The van der Waals surface area contributed by atoms with E-state index < -0.39 is 6.04 Å². The standard InChI is InChI=1S/C32H38N2O3/c1-2-25-18-20-29(21-19-25)37-24-31(35)34(23-27-14-8-4-9-15-27)30(22-26-12-6-3-7-13-26)32(36)33-28-16-10-5-11-17-28/h3-4,6-9,12-15,18-21,28,30H,2,5,10-11,16-17,22-24H2,1H3,(H,33,36)/t30-/m1/s1. The highest BCUT2D eigenvalue weighted by Gasteiger charge is 2.32. The van der Waals surface area contributed by atoms with Crippen LogP contribution in [0, 0.1) is 0 Å². The first-order valence-corrected chi connectivity index (χ1v) is 13.5. The Hall–Kier alpha value is -3.60. The summed E-state index contributed by atoms with van der Waals surface area (Å²) in [4.78, 5) is 29.1. The minimum atomic E-state index is -0.636. The van der Waals surface area contributed by atoms with Crippen LogP contribution in [0.25, 0.3) is 0 Å². The van der Waals surface area contributed by atoms with Crippen molar-refractivity contribution in [3.05, 3.63) is 102 Å². The number of hydrogen-bond donors (Lipinski definition) is 1. The van der Waals surface area contributed by atoms with Gasteiger partial charge in [-0.2, -0.15) is 0 Å². The van der Waals surface area contributed by atoms with Crippen LogP contribution >= 0.6 is 0 Å². The van der Waals surface area contributed by atoms with E-state index in [0.717, 1.165) is 43.2 Å². The van der Waals surface area contributed by atoms with Crippen LogP contribution in [-0.2, 0) is 29.0 Å². The van der Waals surface area contributed by atoms with Crippen molar-refractivity contribution in [1.82, 2.24) is 10.2 Å². The van der Waals surface area contributed by atoms with Gasteiger partial charge < -0.3 is 15.0 Å². The molecule has 194 valence electrons. The smallest absolute Gasteiger partial charge is 0.261 e. The summed E-state index contributed by atoms with van der Waals surface area (Å²) < 4.78 is 5.89. The van der Waals surface area contributed by atoms with Gasteiger partial charge in [0.2, 0.25) is 5.91 Å². The SMILES string of the molecule is CCc1ccc(OCC(=O)N(Cc2ccccc2)[C@H](Cc2ccccc2)C(=O)NC2CCCCC2)cc1. The van der Waals surface area contributed by atoms with E-state index in [2.05, 4.69) is 12.2 Å². The zero-order valence-corrected chi connectivity index (χ0v) is 21.8. The first-order valence-electron chi connectivity index (χ1n) is 13.5. The number of aryl methyl sites for hydroxylation is 1. The Morgan fingerprint density at radius 2 is 1.46 bits per heavy atom. The molecular formula is C32H38N2O3. The van der Waals surface area contributed by atoms with E-state index in [9.17, 15) is 9.59 Å². The average molecular weight is 499 g/mol. The zero-order valence-electron chi connectivity index (χ0n) is 21.8. The fraction of sp³-hybridized carbons (Fsp3) is 0.375. The minimum Gasteiger partial charge on any atom is -0.484 e. The molecule has 0 aromatic heterocycles. The molecule has 1 aliphatic rings. The third-order valence-electron chi connectivity index (χ3n) is 7.11. The van der Waals surface area contributed by atoms with Crippen molar-refractivity contribution in [3.8, 4) is 5.75 Å². The molecule has 3 aromatic carbocycles. The summed E-state index contributed by atoms with van der Waals surface area (Å²) in [5.74, 6) is 0.354. The second-order valence-corrected chi connectivity index (χ2v) is 9.84. The molecule has 0 unspecified atom stereocenters. The molecule has 0 spiro atoms. The number of hydrogen-bond acceptors (Lipinski definition) is 3. The van der Waals surface area contributed by atoms with Crippen molar-refractivity contribution in [2.45, 2.75) is 70.5 Å². The molecule has 1 atom stereocenters.